The molecule has 170 valence electrons. The lowest BCUT2D eigenvalue weighted by Gasteiger charge is -2.32. The predicted octanol–water partition coefficient (Wildman–Crippen LogP) is 2.98. The zero-order valence-corrected chi connectivity index (χ0v) is 18.1. The summed E-state index contributed by atoms with van der Waals surface area (Å²) in [6, 6.07) is 12.4. The number of hydrogen-bond acceptors (Lipinski definition) is 6. The summed E-state index contributed by atoms with van der Waals surface area (Å²) in [7, 11) is 1.66. The molecule has 3 aromatic rings. The molecule has 0 saturated carbocycles. The number of nitrogens with one attached hydrogen (secondary N) is 1. The summed E-state index contributed by atoms with van der Waals surface area (Å²) in [5.41, 5.74) is 1.52. The first kappa shape index (κ1) is 22.3. The fraction of sp³-hybridized carbons (Fsp3) is 0.250. The molecule has 0 spiro atoms. The van der Waals surface area contributed by atoms with E-state index in [0.29, 0.717) is 35.2 Å². The van der Waals surface area contributed by atoms with Gasteiger partial charge in [-0.25, -0.2) is 4.39 Å². The lowest BCUT2D eigenvalue weighted by Crippen LogP contribution is -2.42. The largest absolute Gasteiger partial charge is 0.380 e. The number of pyridine rings is 1. The highest BCUT2D eigenvalue weighted by Crippen LogP contribution is 2.19. The fourth-order valence-electron chi connectivity index (χ4n) is 3.86. The highest BCUT2D eigenvalue weighted by atomic mass is 19.1. The van der Waals surface area contributed by atoms with E-state index in [4.69, 9.17) is 10.6 Å². The number of fused-ring (bicyclic) bond motifs is 1. The van der Waals surface area contributed by atoms with Crippen molar-refractivity contribution in [3.8, 4) is 0 Å². The zero-order valence-electron chi connectivity index (χ0n) is 18.1. The van der Waals surface area contributed by atoms with Gasteiger partial charge in [0.2, 0.25) is 0 Å². The number of carbonyl (C=O) groups excluding carboxylic acids is 1. The van der Waals surface area contributed by atoms with Gasteiger partial charge in [-0.2, -0.15) is 5.10 Å². The molecule has 33 heavy (non-hydrogen) atoms. The Bertz CT molecular complexity index is 1280. The normalized spacial score (nSPS) is 17.1. The second-order valence-corrected chi connectivity index (χ2v) is 7.81. The van der Waals surface area contributed by atoms with E-state index >= 15 is 0 Å². The number of piperidine rings is 1. The van der Waals surface area contributed by atoms with Crippen LogP contribution >= 0.6 is 0 Å². The number of benzene rings is 2. The number of carbonyl (C=O) groups is 1. The molecule has 1 aliphatic heterocycles. The van der Waals surface area contributed by atoms with Crippen LogP contribution in [0.15, 0.2) is 63.4 Å². The minimum Gasteiger partial charge on any atom is -0.380 e. The van der Waals surface area contributed by atoms with Crippen LogP contribution in [-0.4, -0.2) is 54.0 Å². The topological polar surface area (TPSA) is 113 Å². The Hall–Kier alpha value is -3.85. The molecule has 3 N–H and O–H groups in total. The average Bonchev–Trinajstić information content (AvgIpc) is 2.84. The Labute approximate surface area is 189 Å². The number of aromatic amines is 1. The maximum absolute atomic E-state index is 13.6. The van der Waals surface area contributed by atoms with E-state index in [9.17, 15) is 14.0 Å². The van der Waals surface area contributed by atoms with Crippen LogP contribution in [0.25, 0.3) is 10.9 Å². The molecular formula is C24H24FN5O3. The van der Waals surface area contributed by atoms with Crippen molar-refractivity contribution in [1.82, 2.24) is 9.88 Å². The Morgan fingerprint density at radius 3 is 2.76 bits per heavy atom. The van der Waals surface area contributed by atoms with Crippen LogP contribution in [0.3, 0.4) is 0 Å². The number of methoxy groups -OCH3 is 1. The van der Waals surface area contributed by atoms with E-state index in [1.807, 2.05) is 0 Å². The summed E-state index contributed by atoms with van der Waals surface area (Å²) in [5.74, 6) is 5.02. The van der Waals surface area contributed by atoms with E-state index in [2.05, 4.69) is 15.1 Å². The zero-order chi connectivity index (χ0) is 23.4. The molecule has 1 amide bonds. The smallest absolute Gasteiger partial charge is 0.258 e. The Morgan fingerprint density at radius 2 is 2.03 bits per heavy atom. The summed E-state index contributed by atoms with van der Waals surface area (Å²) in [5, 5.41) is 4.18. The van der Waals surface area contributed by atoms with Crippen molar-refractivity contribution in [3.05, 3.63) is 75.8 Å². The number of amides is 1. The third-order valence-electron chi connectivity index (χ3n) is 5.67. The van der Waals surface area contributed by atoms with Crippen LogP contribution in [0.4, 0.5) is 10.1 Å². The van der Waals surface area contributed by atoms with Crippen LogP contribution in [0.2, 0.25) is 0 Å². The number of halogens is 1. The SMILES string of the molecule is CO[C@H]1CCCN(C(=O)c2ccc(N=CC(=NN)c3cc4cc(F)ccc4[nH]c3=O)cc2)C1. The minimum atomic E-state index is -0.419. The summed E-state index contributed by atoms with van der Waals surface area (Å²) in [6.45, 7) is 1.29. The van der Waals surface area contributed by atoms with Crippen molar-refractivity contribution in [3.63, 3.8) is 0 Å². The molecule has 2 aromatic carbocycles. The number of nitrogens with zero attached hydrogens (tertiary/aromatic N) is 3. The van der Waals surface area contributed by atoms with E-state index in [0.717, 1.165) is 12.8 Å². The van der Waals surface area contributed by atoms with Gasteiger partial charge in [0, 0.05) is 36.7 Å². The molecule has 1 aliphatic rings. The van der Waals surface area contributed by atoms with Crippen LogP contribution in [-0.2, 0) is 4.74 Å². The number of ether oxygens (including phenoxy) is 1. The first-order valence-electron chi connectivity index (χ1n) is 10.6. The Kier molecular flexibility index (Phi) is 6.60. The number of aliphatic imine (C=N–C) groups is 1. The van der Waals surface area contributed by atoms with Crippen LogP contribution in [0.1, 0.15) is 28.8 Å². The molecule has 4 rings (SSSR count). The van der Waals surface area contributed by atoms with Gasteiger partial charge in [-0.3, -0.25) is 14.6 Å². The van der Waals surface area contributed by atoms with Gasteiger partial charge in [-0.1, -0.05) is 0 Å². The van der Waals surface area contributed by atoms with Gasteiger partial charge in [0.1, 0.15) is 11.5 Å². The Balaban J connectivity index is 1.51. The minimum absolute atomic E-state index is 0.0496. The third kappa shape index (κ3) is 4.98. The highest BCUT2D eigenvalue weighted by Gasteiger charge is 2.24. The van der Waals surface area contributed by atoms with Crippen molar-refractivity contribution in [2.24, 2.45) is 15.9 Å². The summed E-state index contributed by atoms with van der Waals surface area (Å²) in [4.78, 5) is 34.0. The van der Waals surface area contributed by atoms with Gasteiger partial charge in [0.05, 0.1) is 23.6 Å². The number of likely N-dealkylation sites (tertiary alicyclic amines) is 1. The summed E-state index contributed by atoms with van der Waals surface area (Å²) < 4.78 is 18.9. The van der Waals surface area contributed by atoms with Crippen molar-refractivity contribution in [2.75, 3.05) is 20.2 Å². The van der Waals surface area contributed by atoms with Crippen LogP contribution < -0.4 is 11.4 Å². The van der Waals surface area contributed by atoms with Crippen LogP contribution in [0, 0.1) is 5.82 Å². The molecule has 1 atom stereocenters. The highest BCUT2D eigenvalue weighted by molar-refractivity contribution is 6.38. The first-order chi connectivity index (χ1) is 16.0. The molecule has 1 saturated heterocycles. The van der Waals surface area contributed by atoms with Crippen molar-refractivity contribution >= 4 is 34.4 Å². The second-order valence-electron chi connectivity index (χ2n) is 7.81. The van der Waals surface area contributed by atoms with Gasteiger partial charge >= 0.3 is 0 Å². The van der Waals surface area contributed by atoms with Gasteiger partial charge in [0.15, 0.2) is 0 Å². The molecule has 9 heteroatoms. The Morgan fingerprint density at radius 1 is 1.24 bits per heavy atom. The van der Waals surface area contributed by atoms with E-state index in [1.165, 1.54) is 30.5 Å². The first-order valence-corrected chi connectivity index (χ1v) is 10.6. The molecule has 0 aliphatic carbocycles. The van der Waals surface area contributed by atoms with E-state index in [1.54, 1.807) is 36.3 Å². The fourth-order valence-corrected chi connectivity index (χ4v) is 3.86. The number of nitrogens with two attached hydrogens (primary N) is 1. The monoisotopic (exact) mass is 449 g/mol. The number of hydrogen-bond donors (Lipinski definition) is 2. The van der Waals surface area contributed by atoms with Crippen molar-refractivity contribution < 1.29 is 13.9 Å². The number of aromatic nitrogens is 1. The standard InChI is InChI=1S/C24H24FN5O3/c1-33-19-3-2-10-30(14-19)24(32)15-4-7-18(8-5-15)27-13-22(29-26)20-12-16-11-17(25)6-9-21(16)28-23(20)31/h4-9,11-13,19H,2-3,10,14,26H2,1H3,(H,28,31)/t19-/m0/s1. The molecule has 8 nitrogen and oxygen atoms in total. The van der Waals surface area contributed by atoms with E-state index < -0.39 is 11.4 Å². The maximum Gasteiger partial charge on any atom is 0.258 e. The van der Waals surface area contributed by atoms with Gasteiger partial charge in [-0.15, -0.1) is 0 Å². The lowest BCUT2D eigenvalue weighted by molar-refractivity contribution is 0.0269. The lowest BCUT2D eigenvalue weighted by atomic mass is 10.1. The maximum atomic E-state index is 13.6. The average molecular weight is 449 g/mol. The number of H-pyrrole nitrogens is 1. The quantitative estimate of drug-likeness (QED) is 0.354. The van der Waals surface area contributed by atoms with Crippen molar-refractivity contribution in [1.29, 1.82) is 0 Å². The molecule has 1 aromatic heterocycles. The summed E-state index contributed by atoms with van der Waals surface area (Å²) >= 11 is 0. The molecule has 0 bridgehead atoms. The number of hydrazone groups is 1. The van der Waals surface area contributed by atoms with E-state index in [-0.39, 0.29) is 23.3 Å². The van der Waals surface area contributed by atoms with Crippen molar-refractivity contribution in [2.45, 2.75) is 18.9 Å². The summed E-state index contributed by atoms with van der Waals surface area (Å²) in [6.07, 6.45) is 3.29. The molecule has 0 unspecified atom stereocenters. The molecular weight excluding hydrogens is 425 g/mol. The van der Waals surface area contributed by atoms with Gasteiger partial charge in [0.25, 0.3) is 11.5 Å². The second kappa shape index (κ2) is 9.74. The molecule has 0 radical (unpaired) electrons. The van der Waals surface area contributed by atoms with Gasteiger partial charge in [-0.05, 0) is 61.4 Å². The van der Waals surface area contributed by atoms with Crippen LogP contribution in [0.5, 0.6) is 0 Å². The predicted molar refractivity (Wildman–Crippen MR) is 126 cm³/mol. The van der Waals surface area contributed by atoms with Gasteiger partial charge < -0.3 is 20.5 Å². The third-order valence-corrected chi connectivity index (χ3v) is 5.67. The number of rotatable bonds is 5. The molecule has 2 heterocycles. The molecule has 1 fully saturated rings.